The molecule has 0 rings (SSSR count). The molecule has 0 radical (unpaired) electrons. The van der Waals surface area contributed by atoms with Crippen LogP contribution in [-0.2, 0) is 23.8 Å². The molecule has 0 amide bonds. The topological polar surface area (TPSA) is 61.8 Å². The molecule has 0 aliphatic rings. The Balaban J connectivity index is 3.96. The molecule has 0 aromatic heterocycles. The molecule has 0 aliphatic carbocycles. The van der Waals surface area contributed by atoms with Crippen molar-refractivity contribution < 1.29 is 23.8 Å². The zero-order chi connectivity index (χ0) is 18.4. The number of ketones is 1. The lowest BCUT2D eigenvalue weighted by Crippen LogP contribution is -2.38. The molecular formula is C19H34O5. The number of ether oxygens (including phenoxy) is 3. The van der Waals surface area contributed by atoms with Crippen LogP contribution in [-0.4, -0.2) is 43.3 Å². The first-order valence-electron chi connectivity index (χ1n) is 8.97. The Bertz CT molecular complexity index is 380. The van der Waals surface area contributed by atoms with E-state index in [0.717, 1.165) is 38.4 Å². The molecule has 24 heavy (non-hydrogen) atoms. The smallest absolute Gasteiger partial charge is 0.330 e. The summed E-state index contributed by atoms with van der Waals surface area (Å²) < 4.78 is 16.2. The first-order chi connectivity index (χ1) is 11.4. The second kappa shape index (κ2) is 13.1. The van der Waals surface area contributed by atoms with Crippen LogP contribution in [0.2, 0.25) is 0 Å². The van der Waals surface area contributed by atoms with Crippen molar-refractivity contribution in [2.45, 2.75) is 77.9 Å². The molecule has 140 valence electrons. The predicted octanol–water partition coefficient (Wildman–Crippen LogP) is 3.85. The lowest BCUT2D eigenvalue weighted by molar-refractivity contribution is -0.149. The van der Waals surface area contributed by atoms with Crippen molar-refractivity contribution in [2.24, 2.45) is 0 Å². The Hall–Kier alpha value is -1.20. The van der Waals surface area contributed by atoms with E-state index in [0.29, 0.717) is 18.9 Å². The number of unbranched alkanes of at least 4 members (excludes halogenated alkanes) is 2. The molecule has 0 aliphatic heterocycles. The largest absolute Gasteiger partial charge is 0.460 e. The van der Waals surface area contributed by atoms with Crippen LogP contribution in [0.15, 0.2) is 12.7 Å². The number of esters is 1. The number of carbonyl (C=O) groups is 2. The Morgan fingerprint density at radius 3 is 2.42 bits per heavy atom. The third-order valence-corrected chi connectivity index (χ3v) is 4.20. The Morgan fingerprint density at radius 2 is 1.83 bits per heavy atom. The van der Waals surface area contributed by atoms with E-state index in [9.17, 15) is 9.59 Å². The Morgan fingerprint density at radius 1 is 1.12 bits per heavy atom. The molecule has 2 unspecified atom stereocenters. The first-order valence-corrected chi connectivity index (χ1v) is 8.97. The van der Waals surface area contributed by atoms with Crippen molar-refractivity contribution >= 4 is 11.8 Å². The van der Waals surface area contributed by atoms with E-state index >= 15 is 0 Å². The third kappa shape index (κ3) is 9.83. The summed E-state index contributed by atoms with van der Waals surface area (Å²) >= 11 is 0. The fourth-order valence-corrected chi connectivity index (χ4v) is 2.08. The maximum absolute atomic E-state index is 12.4. The summed E-state index contributed by atoms with van der Waals surface area (Å²) in [4.78, 5) is 23.3. The summed E-state index contributed by atoms with van der Waals surface area (Å²) in [5.41, 5.74) is -0.812. The highest BCUT2D eigenvalue weighted by molar-refractivity contribution is 5.86. The fourth-order valence-electron chi connectivity index (χ4n) is 2.08. The van der Waals surface area contributed by atoms with Crippen molar-refractivity contribution in [2.75, 3.05) is 19.8 Å². The number of carbonyl (C=O) groups excluding carboxylic acids is 2. The monoisotopic (exact) mass is 342 g/mol. The van der Waals surface area contributed by atoms with Crippen LogP contribution in [0.4, 0.5) is 0 Å². The Kier molecular flexibility index (Phi) is 12.5. The second-order valence-electron chi connectivity index (χ2n) is 6.13. The molecule has 5 heteroatoms. The van der Waals surface area contributed by atoms with E-state index < -0.39 is 11.6 Å². The molecule has 0 bridgehead atoms. The van der Waals surface area contributed by atoms with E-state index in [4.69, 9.17) is 14.2 Å². The van der Waals surface area contributed by atoms with Gasteiger partial charge in [0.1, 0.15) is 12.2 Å². The van der Waals surface area contributed by atoms with Gasteiger partial charge in [-0.15, -0.1) is 0 Å². The summed E-state index contributed by atoms with van der Waals surface area (Å²) in [6.07, 6.45) is 6.31. The summed E-state index contributed by atoms with van der Waals surface area (Å²) in [6, 6.07) is 0. The molecule has 5 nitrogen and oxygen atoms in total. The lowest BCUT2D eigenvalue weighted by atomic mass is 9.93. The van der Waals surface area contributed by atoms with Gasteiger partial charge in [-0.05, 0) is 39.5 Å². The van der Waals surface area contributed by atoms with E-state index in [1.54, 1.807) is 6.92 Å². The number of hydrogen-bond donors (Lipinski definition) is 0. The van der Waals surface area contributed by atoms with Crippen LogP contribution in [0.25, 0.3) is 0 Å². The highest BCUT2D eigenvalue weighted by Gasteiger charge is 2.31. The molecule has 0 aromatic rings. The molecule has 0 saturated carbocycles. The van der Waals surface area contributed by atoms with Gasteiger partial charge in [-0.3, -0.25) is 4.79 Å². The average molecular weight is 342 g/mol. The average Bonchev–Trinajstić information content (AvgIpc) is 2.60. The molecule has 0 heterocycles. The van der Waals surface area contributed by atoms with E-state index in [1.165, 1.54) is 0 Å². The third-order valence-electron chi connectivity index (χ3n) is 4.20. The van der Waals surface area contributed by atoms with E-state index in [-0.39, 0.29) is 19.0 Å². The van der Waals surface area contributed by atoms with Gasteiger partial charge in [0.2, 0.25) is 0 Å². The first kappa shape index (κ1) is 22.8. The minimum absolute atomic E-state index is 0.0999. The molecule has 0 fully saturated rings. The maximum atomic E-state index is 12.4. The molecule has 0 N–H and O–H groups in total. The molecule has 0 spiro atoms. The van der Waals surface area contributed by atoms with Crippen molar-refractivity contribution in [3.05, 3.63) is 12.7 Å². The number of hydrogen-bond acceptors (Lipinski definition) is 5. The highest BCUT2D eigenvalue weighted by Crippen LogP contribution is 2.20. The zero-order valence-corrected chi connectivity index (χ0v) is 15.8. The standard InChI is InChI=1S/C19H34O5/c1-6-16(4)22-13-11-9-10-12-17(20)19(5,8-3)24-15-14-23-18(21)7-2/h7,16H,2,6,8-15H2,1,3-5H3. The fraction of sp³-hybridized carbons (Fsp3) is 0.789. The van der Waals surface area contributed by atoms with Crippen LogP contribution in [0.1, 0.15) is 66.2 Å². The minimum atomic E-state index is -0.812. The van der Waals surface area contributed by atoms with E-state index in [2.05, 4.69) is 20.4 Å². The summed E-state index contributed by atoms with van der Waals surface area (Å²) in [6.45, 7) is 12.3. The molecule has 2 atom stereocenters. The summed E-state index contributed by atoms with van der Waals surface area (Å²) in [7, 11) is 0. The van der Waals surface area contributed by atoms with Crippen molar-refractivity contribution in [3.8, 4) is 0 Å². The molecular weight excluding hydrogens is 308 g/mol. The van der Waals surface area contributed by atoms with Crippen molar-refractivity contribution in [1.29, 1.82) is 0 Å². The quantitative estimate of drug-likeness (QED) is 0.257. The van der Waals surface area contributed by atoms with Crippen LogP contribution in [0.3, 0.4) is 0 Å². The van der Waals surface area contributed by atoms with Gasteiger partial charge >= 0.3 is 5.97 Å². The van der Waals surface area contributed by atoms with Gasteiger partial charge in [0, 0.05) is 19.1 Å². The van der Waals surface area contributed by atoms with Gasteiger partial charge in [0.25, 0.3) is 0 Å². The van der Waals surface area contributed by atoms with E-state index in [1.807, 2.05) is 6.92 Å². The zero-order valence-electron chi connectivity index (χ0n) is 15.8. The van der Waals surface area contributed by atoms with Gasteiger partial charge in [-0.2, -0.15) is 0 Å². The Labute approximate surface area is 146 Å². The van der Waals surface area contributed by atoms with Gasteiger partial charge in [0.05, 0.1) is 12.7 Å². The highest BCUT2D eigenvalue weighted by atomic mass is 16.6. The number of rotatable bonds is 15. The normalized spacial score (nSPS) is 14.7. The van der Waals surface area contributed by atoms with Gasteiger partial charge in [-0.1, -0.05) is 26.8 Å². The lowest BCUT2D eigenvalue weighted by Gasteiger charge is -2.27. The van der Waals surface area contributed by atoms with Gasteiger partial charge in [-0.25, -0.2) is 4.79 Å². The number of Topliss-reactive ketones (excluding diaryl/α,β-unsaturated/α-hetero) is 1. The van der Waals surface area contributed by atoms with Gasteiger partial charge in [0.15, 0.2) is 5.78 Å². The predicted molar refractivity (Wildman–Crippen MR) is 95.0 cm³/mol. The van der Waals surface area contributed by atoms with Crippen molar-refractivity contribution in [3.63, 3.8) is 0 Å². The van der Waals surface area contributed by atoms with Crippen LogP contribution >= 0.6 is 0 Å². The second-order valence-corrected chi connectivity index (χ2v) is 6.13. The summed E-state index contributed by atoms with van der Waals surface area (Å²) in [5, 5.41) is 0. The maximum Gasteiger partial charge on any atom is 0.330 e. The van der Waals surface area contributed by atoms with Crippen molar-refractivity contribution in [1.82, 2.24) is 0 Å². The van der Waals surface area contributed by atoms with Crippen LogP contribution in [0.5, 0.6) is 0 Å². The minimum Gasteiger partial charge on any atom is -0.460 e. The van der Waals surface area contributed by atoms with Gasteiger partial charge < -0.3 is 14.2 Å². The molecule has 0 saturated heterocycles. The SMILES string of the molecule is C=CC(=O)OCCOC(C)(CC)C(=O)CCCCCOC(C)CC. The summed E-state index contributed by atoms with van der Waals surface area (Å²) in [5.74, 6) is -0.384. The van der Waals surface area contributed by atoms with Crippen LogP contribution in [0, 0.1) is 0 Å². The molecule has 0 aromatic carbocycles. The van der Waals surface area contributed by atoms with Crippen LogP contribution < -0.4 is 0 Å².